The topological polar surface area (TPSA) is 44.8 Å². The second-order valence-corrected chi connectivity index (χ2v) is 6.96. The number of amides is 1. The van der Waals surface area contributed by atoms with E-state index in [1.165, 1.54) is 6.07 Å². The van der Waals surface area contributed by atoms with Crippen LogP contribution in [0.2, 0.25) is 0 Å². The minimum Gasteiger partial charge on any atom is -0.379 e. The molecule has 1 unspecified atom stereocenters. The van der Waals surface area contributed by atoms with E-state index in [0.717, 1.165) is 36.5 Å². The van der Waals surface area contributed by atoms with E-state index in [0.29, 0.717) is 13.2 Å². The van der Waals surface area contributed by atoms with Gasteiger partial charge in [-0.25, -0.2) is 8.78 Å². The summed E-state index contributed by atoms with van der Waals surface area (Å²) in [6.45, 7) is 2.92. The second kappa shape index (κ2) is 9.12. The zero-order valence-corrected chi connectivity index (χ0v) is 16.1. The third kappa shape index (κ3) is 4.66. The van der Waals surface area contributed by atoms with Gasteiger partial charge in [-0.05, 0) is 29.8 Å². The van der Waals surface area contributed by atoms with Crippen molar-refractivity contribution in [1.82, 2.24) is 10.2 Å². The molecule has 0 bridgehead atoms. The fourth-order valence-electron chi connectivity index (χ4n) is 3.33. The third-order valence-corrected chi connectivity index (χ3v) is 4.93. The van der Waals surface area contributed by atoms with Crippen molar-refractivity contribution in [2.24, 2.45) is 0 Å². The van der Waals surface area contributed by atoms with E-state index < -0.39 is 23.1 Å². The van der Waals surface area contributed by atoms with Crippen LogP contribution >= 0.6 is 0 Å². The SMILES string of the molecule is CN(C)c1ccc(C(CNC(=O)c2c(F)cccc2F)N2CCOCC2)cc1. The van der Waals surface area contributed by atoms with Crippen molar-refractivity contribution < 1.29 is 18.3 Å². The maximum Gasteiger partial charge on any atom is 0.257 e. The van der Waals surface area contributed by atoms with Gasteiger partial charge < -0.3 is 15.0 Å². The average molecular weight is 389 g/mol. The summed E-state index contributed by atoms with van der Waals surface area (Å²) in [6, 6.07) is 11.4. The van der Waals surface area contributed by atoms with Crippen LogP contribution in [0.15, 0.2) is 42.5 Å². The molecule has 0 saturated carbocycles. The highest BCUT2D eigenvalue weighted by Crippen LogP contribution is 2.24. The number of ether oxygens (including phenoxy) is 1. The molecular formula is C21H25F2N3O2. The lowest BCUT2D eigenvalue weighted by atomic mass is 10.0. The quantitative estimate of drug-likeness (QED) is 0.825. The number of hydrogen-bond donors (Lipinski definition) is 1. The first-order valence-corrected chi connectivity index (χ1v) is 9.28. The summed E-state index contributed by atoms with van der Waals surface area (Å²) in [6.07, 6.45) is 0. The van der Waals surface area contributed by atoms with Crippen molar-refractivity contribution >= 4 is 11.6 Å². The van der Waals surface area contributed by atoms with Gasteiger partial charge in [-0.2, -0.15) is 0 Å². The van der Waals surface area contributed by atoms with Crippen molar-refractivity contribution in [3.05, 3.63) is 65.2 Å². The van der Waals surface area contributed by atoms with Gasteiger partial charge in [-0.3, -0.25) is 9.69 Å². The molecule has 1 heterocycles. The lowest BCUT2D eigenvalue weighted by Gasteiger charge is -2.35. The Labute approximate surface area is 163 Å². The molecule has 1 N–H and O–H groups in total. The minimum atomic E-state index is -0.865. The van der Waals surface area contributed by atoms with Crippen LogP contribution in [0.5, 0.6) is 0 Å². The minimum absolute atomic E-state index is 0.112. The highest BCUT2D eigenvalue weighted by Gasteiger charge is 2.25. The van der Waals surface area contributed by atoms with Gasteiger partial charge in [-0.1, -0.05) is 18.2 Å². The number of nitrogens with one attached hydrogen (secondary N) is 1. The maximum absolute atomic E-state index is 13.9. The van der Waals surface area contributed by atoms with Crippen LogP contribution in [0.4, 0.5) is 14.5 Å². The first-order chi connectivity index (χ1) is 13.5. The second-order valence-electron chi connectivity index (χ2n) is 6.96. The average Bonchev–Trinajstić information content (AvgIpc) is 2.69. The van der Waals surface area contributed by atoms with Gasteiger partial charge in [0.05, 0.1) is 19.3 Å². The summed E-state index contributed by atoms with van der Waals surface area (Å²) in [5.74, 6) is -2.48. The van der Waals surface area contributed by atoms with Gasteiger partial charge in [0.15, 0.2) is 0 Å². The Morgan fingerprint density at radius 3 is 2.29 bits per heavy atom. The Balaban J connectivity index is 1.78. The Morgan fingerprint density at radius 1 is 1.11 bits per heavy atom. The summed E-state index contributed by atoms with van der Waals surface area (Å²) in [5.41, 5.74) is 1.55. The first kappa shape index (κ1) is 20.2. The Hall–Kier alpha value is -2.51. The van der Waals surface area contributed by atoms with Crippen LogP contribution in [-0.2, 0) is 4.74 Å². The fourth-order valence-corrected chi connectivity index (χ4v) is 3.33. The van der Waals surface area contributed by atoms with Crippen molar-refractivity contribution in [2.45, 2.75) is 6.04 Å². The lowest BCUT2D eigenvalue weighted by Crippen LogP contribution is -2.44. The molecule has 5 nitrogen and oxygen atoms in total. The van der Waals surface area contributed by atoms with Crippen LogP contribution in [0, 0.1) is 11.6 Å². The van der Waals surface area contributed by atoms with Crippen molar-refractivity contribution in [3.63, 3.8) is 0 Å². The smallest absolute Gasteiger partial charge is 0.257 e. The van der Waals surface area contributed by atoms with Gasteiger partial charge in [0, 0.05) is 39.4 Å². The summed E-state index contributed by atoms with van der Waals surface area (Å²) in [5, 5.41) is 2.70. The fraction of sp³-hybridized carbons (Fsp3) is 0.381. The Kier molecular flexibility index (Phi) is 6.59. The molecule has 0 aliphatic carbocycles. The molecule has 1 aliphatic heterocycles. The van der Waals surface area contributed by atoms with Crippen molar-refractivity contribution in [2.75, 3.05) is 51.8 Å². The molecule has 1 fully saturated rings. The molecule has 2 aromatic carbocycles. The van der Waals surface area contributed by atoms with Gasteiger partial charge in [0.1, 0.15) is 17.2 Å². The van der Waals surface area contributed by atoms with Crippen LogP contribution in [0.3, 0.4) is 0 Å². The number of anilines is 1. The number of hydrogen-bond acceptors (Lipinski definition) is 4. The predicted molar refractivity (Wildman–Crippen MR) is 105 cm³/mol. The molecule has 1 amide bonds. The van der Waals surface area contributed by atoms with E-state index in [1.54, 1.807) is 0 Å². The van der Waals surface area contributed by atoms with E-state index in [4.69, 9.17) is 4.74 Å². The molecule has 2 aromatic rings. The molecule has 150 valence electrons. The Morgan fingerprint density at radius 2 is 1.71 bits per heavy atom. The summed E-state index contributed by atoms with van der Waals surface area (Å²) < 4.78 is 33.2. The molecule has 1 saturated heterocycles. The highest BCUT2D eigenvalue weighted by molar-refractivity contribution is 5.94. The van der Waals surface area contributed by atoms with E-state index in [2.05, 4.69) is 10.2 Å². The number of carbonyl (C=O) groups excluding carboxylic acids is 1. The lowest BCUT2D eigenvalue weighted by molar-refractivity contribution is 0.0162. The number of morpholine rings is 1. The zero-order valence-electron chi connectivity index (χ0n) is 16.1. The zero-order chi connectivity index (χ0) is 20.1. The highest BCUT2D eigenvalue weighted by atomic mass is 19.1. The molecule has 1 atom stereocenters. The third-order valence-electron chi connectivity index (χ3n) is 4.93. The number of benzene rings is 2. The number of halogens is 2. The molecule has 7 heteroatoms. The molecule has 28 heavy (non-hydrogen) atoms. The van der Waals surface area contributed by atoms with E-state index in [-0.39, 0.29) is 12.6 Å². The van der Waals surface area contributed by atoms with Gasteiger partial charge in [0.2, 0.25) is 0 Å². The number of carbonyl (C=O) groups is 1. The molecule has 0 radical (unpaired) electrons. The summed E-state index contributed by atoms with van der Waals surface area (Å²) >= 11 is 0. The molecular weight excluding hydrogens is 364 g/mol. The van der Waals surface area contributed by atoms with Crippen molar-refractivity contribution in [3.8, 4) is 0 Å². The molecule has 0 aromatic heterocycles. The predicted octanol–water partition coefficient (Wildman–Crippen LogP) is 2.83. The van der Waals surface area contributed by atoms with E-state index >= 15 is 0 Å². The molecule has 3 rings (SSSR count). The van der Waals surface area contributed by atoms with Crippen LogP contribution in [0.25, 0.3) is 0 Å². The van der Waals surface area contributed by atoms with E-state index in [1.807, 2.05) is 43.3 Å². The van der Waals surface area contributed by atoms with Crippen molar-refractivity contribution in [1.29, 1.82) is 0 Å². The standard InChI is InChI=1S/C21H25F2N3O2/c1-25(2)16-8-6-15(7-9-16)19(26-10-12-28-13-11-26)14-24-21(27)20-17(22)4-3-5-18(20)23/h3-9,19H,10-14H2,1-2H3,(H,24,27). The number of nitrogens with zero attached hydrogens (tertiary/aromatic N) is 2. The van der Waals surface area contributed by atoms with Gasteiger partial charge >= 0.3 is 0 Å². The van der Waals surface area contributed by atoms with Crippen LogP contribution in [0.1, 0.15) is 22.0 Å². The normalized spacial score (nSPS) is 15.9. The van der Waals surface area contributed by atoms with Gasteiger partial charge in [-0.15, -0.1) is 0 Å². The Bertz CT molecular complexity index is 786. The van der Waals surface area contributed by atoms with Crippen LogP contribution in [-0.4, -0.2) is 57.8 Å². The largest absolute Gasteiger partial charge is 0.379 e. The number of rotatable bonds is 6. The molecule has 1 aliphatic rings. The summed E-state index contributed by atoms with van der Waals surface area (Å²) in [4.78, 5) is 16.6. The summed E-state index contributed by atoms with van der Waals surface area (Å²) in [7, 11) is 3.94. The first-order valence-electron chi connectivity index (χ1n) is 9.28. The van der Waals surface area contributed by atoms with Gasteiger partial charge in [0.25, 0.3) is 5.91 Å². The maximum atomic E-state index is 13.9. The monoisotopic (exact) mass is 389 g/mol. The molecule has 0 spiro atoms. The van der Waals surface area contributed by atoms with Crippen LogP contribution < -0.4 is 10.2 Å². The van der Waals surface area contributed by atoms with E-state index in [9.17, 15) is 13.6 Å².